The second-order valence-corrected chi connectivity index (χ2v) is 5.97. The quantitative estimate of drug-likeness (QED) is 0.854. The third-order valence-electron chi connectivity index (χ3n) is 4.29. The van der Waals surface area contributed by atoms with Crippen LogP contribution in [0, 0.1) is 0 Å². The molecule has 1 aromatic rings. The van der Waals surface area contributed by atoms with E-state index in [-0.39, 0.29) is 0 Å². The van der Waals surface area contributed by atoms with Crippen LogP contribution in [0.3, 0.4) is 0 Å². The summed E-state index contributed by atoms with van der Waals surface area (Å²) in [7, 11) is 0. The van der Waals surface area contributed by atoms with Crippen molar-refractivity contribution in [2.75, 3.05) is 13.1 Å². The topological polar surface area (TPSA) is 35.5 Å². The molecule has 1 aliphatic heterocycles. The van der Waals surface area contributed by atoms with Gasteiger partial charge in [-0.3, -0.25) is 4.90 Å². The van der Waals surface area contributed by atoms with Gasteiger partial charge in [-0.15, -0.1) is 0 Å². The van der Waals surface area contributed by atoms with Crippen molar-refractivity contribution in [3.63, 3.8) is 0 Å². The van der Waals surface area contributed by atoms with Crippen LogP contribution in [-0.2, 0) is 6.54 Å². The highest BCUT2D eigenvalue weighted by Gasteiger charge is 2.26. The summed E-state index contributed by atoms with van der Waals surface area (Å²) in [5.74, 6) is 0.356. The maximum atomic E-state index is 9.34. The molecular formula is C16H24N2O. The van der Waals surface area contributed by atoms with Gasteiger partial charge >= 0.3 is 0 Å². The summed E-state index contributed by atoms with van der Waals surface area (Å²) >= 11 is 0. The SMILES string of the molecule is Oc1ccc(CN2CCCCC2CNC2CC2)cc1. The predicted molar refractivity (Wildman–Crippen MR) is 77.2 cm³/mol. The van der Waals surface area contributed by atoms with Crippen molar-refractivity contribution < 1.29 is 5.11 Å². The van der Waals surface area contributed by atoms with E-state index in [2.05, 4.69) is 10.2 Å². The van der Waals surface area contributed by atoms with Gasteiger partial charge in [-0.1, -0.05) is 18.6 Å². The molecule has 3 rings (SSSR count). The van der Waals surface area contributed by atoms with Gasteiger partial charge in [0.2, 0.25) is 0 Å². The number of rotatable bonds is 5. The van der Waals surface area contributed by atoms with Crippen molar-refractivity contribution in [1.29, 1.82) is 0 Å². The smallest absolute Gasteiger partial charge is 0.115 e. The average Bonchev–Trinajstić information content (AvgIpc) is 3.25. The molecule has 2 aliphatic rings. The molecule has 1 saturated heterocycles. The van der Waals surface area contributed by atoms with Crippen molar-refractivity contribution in [1.82, 2.24) is 10.2 Å². The first-order valence-electron chi connectivity index (χ1n) is 7.56. The average molecular weight is 260 g/mol. The summed E-state index contributed by atoms with van der Waals surface area (Å²) in [5, 5.41) is 13.0. The van der Waals surface area contributed by atoms with Crippen molar-refractivity contribution in [2.24, 2.45) is 0 Å². The molecule has 1 saturated carbocycles. The Bertz CT molecular complexity index is 400. The molecule has 0 radical (unpaired) electrons. The Morgan fingerprint density at radius 2 is 1.89 bits per heavy atom. The molecular weight excluding hydrogens is 236 g/mol. The van der Waals surface area contributed by atoms with Crippen molar-refractivity contribution >= 4 is 0 Å². The van der Waals surface area contributed by atoms with Crippen LogP contribution in [0.25, 0.3) is 0 Å². The van der Waals surface area contributed by atoms with Gasteiger partial charge in [-0.2, -0.15) is 0 Å². The van der Waals surface area contributed by atoms with Gasteiger partial charge in [0.1, 0.15) is 5.75 Å². The molecule has 0 bridgehead atoms. The minimum Gasteiger partial charge on any atom is -0.508 e. The van der Waals surface area contributed by atoms with Crippen molar-refractivity contribution in [3.8, 4) is 5.75 Å². The molecule has 104 valence electrons. The first-order valence-corrected chi connectivity index (χ1v) is 7.56. The minimum absolute atomic E-state index is 0.356. The zero-order chi connectivity index (χ0) is 13.1. The maximum absolute atomic E-state index is 9.34. The van der Waals surface area contributed by atoms with Crippen molar-refractivity contribution in [2.45, 2.75) is 50.7 Å². The van der Waals surface area contributed by atoms with E-state index >= 15 is 0 Å². The summed E-state index contributed by atoms with van der Waals surface area (Å²) in [4.78, 5) is 2.60. The number of piperidine rings is 1. The van der Waals surface area contributed by atoms with E-state index in [0.717, 1.165) is 19.1 Å². The van der Waals surface area contributed by atoms with Gasteiger partial charge in [0.25, 0.3) is 0 Å². The lowest BCUT2D eigenvalue weighted by molar-refractivity contribution is 0.137. The Morgan fingerprint density at radius 3 is 2.63 bits per heavy atom. The van der Waals surface area contributed by atoms with Crippen LogP contribution in [0.2, 0.25) is 0 Å². The second kappa shape index (κ2) is 5.93. The van der Waals surface area contributed by atoms with Gasteiger partial charge < -0.3 is 10.4 Å². The fourth-order valence-electron chi connectivity index (χ4n) is 2.93. The van der Waals surface area contributed by atoms with Gasteiger partial charge in [0.15, 0.2) is 0 Å². The number of hydrogen-bond acceptors (Lipinski definition) is 3. The highest BCUT2D eigenvalue weighted by atomic mass is 16.3. The highest BCUT2D eigenvalue weighted by molar-refractivity contribution is 5.25. The molecule has 0 amide bonds. The Kier molecular flexibility index (Phi) is 4.04. The molecule has 3 nitrogen and oxygen atoms in total. The van der Waals surface area contributed by atoms with Gasteiger partial charge in [-0.25, -0.2) is 0 Å². The lowest BCUT2D eigenvalue weighted by Gasteiger charge is -2.36. The van der Waals surface area contributed by atoms with E-state index in [1.165, 1.54) is 44.2 Å². The van der Waals surface area contributed by atoms with E-state index < -0.39 is 0 Å². The number of nitrogens with one attached hydrogen (secondary N) is 1. The molecule has 1 heterocycles. The van der Waals surface area contributed by atoms with E-state index in [9.17, 15) is 5.11 Å². The first-order chi connectivity index (χ1) is 9.31. The van der Waals surface area contributed by atoms with Crippen LogP contribution < -0.4 is 5.32 Å². The number of benzene rings is 1. The molecule has 3 heteroatoms. The van der Waals surface area contributed by atoms with E-state index in [1.54, 1.807) is 12.1 Å². The zero-order valence-corrected chi connectivity index (χ0v) is 11.5. The van der Waals surface area contributed by atoms with E-state index in [4.69, 9.17) is 0 Å². The standard InChI is InChI=1S/C16H24N2O/c19-16-8-4-13(5-9-16)12-18-10-2-1-3-15(18)11-17-14-6-7-14/h4-5,8-9,14-15,17,19H,1-3,6-7,10-12H2. The number of phenols is 1. The van der Waals surface area contributed by atoms with Gasteiger partial charge in [0.05, 0.1) is 0 Å². The summed E-state index contributed by atoms with van der Waals surface area (Å²) < 4.78 is 0. The number of likely N-dealkylation sites (tertiary alicyclic amines) is 1. The first kappa shape index (κ1) is 12.9. The highest BCUT2D eigenvalue weighted by Crippen LogP contribution is 2.23. The van der Waals surface area contributed by atoms with E-state index in [0.29, 0.717) is 11.8 Å². The van der Waals surface area contributed by atoms with Crippen LogP contribution in [0.4, 0.5) is 0 Å². The van der Waals surface area contributed by atoms with Gasteiger partial charge in [0, 0.05) is 25.2 Å². The van der Waals surface area contributed by atoms with Crippen LogP contribution in [0.15, 0.2) is 24.3 Å². The molecule has 1 unspecified atom stereocenters. The normalized spacial score (nSPS) is 24.5. The number of hydrogen-bond donors (Lipinski definition) is 2. The largest absolute Gasteiger partial charge is 0.508 e. The zero-order valence-electron chi connectivity index (χ0n) is 11.5. The second-order valence-electron chi connectivity index (χ2n) is 5.97. The van der Waals surface area contributed by atoms with Crippen LogP contribution >= 0.6 is 0 Å². The molecule has 0 aromatic heterocycles. The van der Waals surface area contributed by atoms with Crippen LogP contribution in [0.5, 0.6) is 5.75 Å². The number of nitrogens with zero attached hydrogens (tertiary/aromatic N) is 1. The van der Waals surface area contributed by atoms with E-state index in [1.807, 2.05) is 12.1 Å². The summed E-state index contributed by atoms with van der Waals surface area (Å²) in [6, 6.07) is 9.14. The molecule has 0 spiro atoms. The van der Waals surface area contributed by atoms with Crippen LogP contribution in [-0.4, -0.2) is 35.2 Å². The molecule has 1 atom stereocenters. The Balaban J connectivity index is 1.57. The minimum atomic E-state index is 0.356. The lowest BCUT2D eigenvalue weighted by atomic mass is 10.0. The lowest BCUT2D eigenvalue weighted by Crippen LogP contribution is -2.45. The van der Waals surface area contributed by atoms with Crippen molar-refractivity contribution in [3.05, 3.63) is 29.8 Å². The fraction of sp³-hybridized carbons (Fsp3) is 0.625. The third-order valence-corrected chi connectivity index (χ3v) is 4.29. The van der Waals surface area contributed by atoms with Gasteiger partial charge in [-0.05, 0) is 49.9 Å². The Hall–Kier alpha value is -1.06. The van der Waals surface area contributed by atoms with Crippen LogP contribution in [0.1, 0.15) is 37.7 Å². The Labute approximate surface area is 115 Å². The molecule has 19 heavy (non-hydrogen) atoms. The summed E-state index contributed by atoms with van der Waals surface area (Å²) in [5.41, 5.74) is 1.30. The monoisotopic (exact) mass is 260 g/mol. The summed E-state index contributed by atoms with van der Waals surface area (Å²) in [6.07, 6.45) is 6.73. The number of aromatic hydroxyl groups is 1. The molecule has 1 aromatic carbocycles. The molecule has 2 fully saturated rings. The maximum Gasteiger partial charge on any atom is 0.115 e. The fourth-order valence-corrected chi connectivity index (χ4v) is 2.93. The Morgan fingerprint density at radius 1 is 1.11 bits per heavy atom. The predicted octanol–water partition coefficient (Wildman–Crippen LogP) is 2.50. The molecule has 1 aliphatic carbocycles. The third kappa shape index (κ3) is 3.71. The molecule has 2 N–H and O–H groups in total. The number of phenolic OH excluding ortho intramolecular Hbond substituents is 1. The summed E-state index contributed by atoms with van der Waals surface area (Å²) in [6.45, 7) is 3.36.